The van der Waals surface area contributed by atoms with E-state index >= 15 is 0 Å². The normalized spacial score (nSPS) is 10.6. The summed E-state index contributed by atoms with van der Waals surface area (Å²) in [5.41, 5.74) is 1.03. The Morgan fingerprint density at radius 3 is 2.93 bits per heavy atom. The van der Waals surface area contributed by atoms with Crippen LogP contribution in [0.3, 0.4) is 0 Å². The predicted octanol–water partition coefficient (Wildman–Crippen LogP) is 2.15. The van der Waals surface area contributed by atoms with Gasteiger partial charge in [0.25, 0.3) is 5.91 Å². The molecule has 2 N–H and O–H groups in total. The Bertz CT molecular complexity index is 1090. The van der Waals surface area contributed by atoms with Crippen LogP contribution in [0.25, 0.3) is 5.82 Å². The third-order valence-corrected chi connectivity index (χ3v) is 4.36. The van der Waals surface area contributed by atoms with Crippen LogP contribution in [0, 0.1) is 0 Å². The summed E-state index contributed by atoms with van der Waals surface area (Å²) in [5.74, 6) is -0.0310. The molecule has 28 heavy (non-hydrogen) atoms. The number of nitrogens with zero attached hydrogens (tertiary/aromatic N) is 5. The molecule has 0 aromatic carbocycles. The molecular weight excluding hydrogens is 382 g/mol. The van der Waals surface area contributed by atoms with Gasteiger partial charge < -0.3 is 9.73 Å². The predicted molar refractivity (Wildman–Crippen MR) is 100 cm³/mol. The van der Waals surface area contributed by atoms with Gasteiger partial charge in [-0.25, -0.2) is 19.6 Å². The number of amides is 2. The van der Waals surface area contributed by atoms with Crippen LogP contribution < -0.4 is 10.6 Å². The maximum Gasteiger partial charge on any atom is 0.293 e. The fraction of sp³-hybridized carbons (Fsp3) is 0.0588. The van der Waals surface area contributed by atoms with Crippen molar-refractivity contribution < 1.29 is 14.0 Å². The van der Waals surface area contributed by atoms with Crippen LogP contribution in [-0.2, 0) is 11.2 Å². The first kappa shape index (κ1) is 17.5. The van der Waals surface area contributed by atoms with Gasteiger partial charge in [0.15, 0.2) is 16.7 Å². The molecule has 140 valence electrons. The lowest BCUT2D eigenvalue weighted by atomic mass is 10.3. The fourth-order valence-corrected chi connectivity index (χ4v) is 3.07. The van der Waals surface area contributed by atoms with Gasteiger partial charge in [0.2, 0.25) is 5.91 Å². The average molecular weight is 395 g/mol. The molecule has 0 aliphatic carbocycles. The minimum absolute atomic E-state index is 0.0405. The summed E-state index contributed by atoms with van der Waals surface area (Å²) >= 11 is 1.23. The number of anilines is 2. The van der Waals surface area contributed by atoms with Gasteiger partial charge in [-0.3, -0.25) is 14.9 Å². The fourth-order valence-electron chi connectivity index (χ4n) is 2.37. The monoisotopic (exact) mass is 395 g/mol. The number of carbonyl (C=O) groups excluding carboxylic acids is 2. The number of rotatable bonds is 6. The van der Waals surface area contributed by atoms with Crippen LogP contribution >= 0.6 is 11.3 Å². The molecule has 4 aromatic heterocycles. The van der Waals surface area contributed by atoms with Gasteiger partial charge in [0.1, 0.15) is 12.7 Å². The molecule has 0 saturated carbocycles. The largest absolute Gasteiger partial charge is 0.459 e. The summed E-state index contributed by atoms with van der Waals surface area (Å²) in [6.45, 7) is 0. The van der Waals surface area contributed by atoms with E-state index in [1.165, 1.54) is 34.9 Å². The summed E-state index contributed by atoms with van der Waals surface area (Å²) in [7, 11) is 0. The van der Waals surface area contributed by atoms with Crippen molar-refractivity contribution in [3.8, 4) is 5.82 Å². The van der Waals surface area contributed by atoms with Crippen LogP contribution in [-0.4, -0.2) is 36.5 Å². The highest BCUT2D eigenvalue weighted by atomic mass is 32.1. The lowest BCUT2D eigenvalue weighted by Gasteiger charge is -2.08. The van der Waals surface area contributed by atoms with Gasteiger partial charge in [-0.1, -0.05) is 0 Å². The van der Waals surface area contributed by atoms with Gasteiger partial charge in [-0.15, -0.1) is 11.3 Å². The highest BCUT2D eigenvalue weighted by Crippen LogP contribution is 2.19. The first-order valence-corrected chi connectivity index (χ1v) is 8.96. The van der Waals surface area contributed by atoms with Crippen molar-refractivity contribution in [3.63, 3.8) is 0 Å². The summed E-state index contributed by atoms with van der Waals surface area (Å²) in [6.07, 6.45) is 5.93. The molecule has 0 atom stereocenters. The van der Waals surface area contributed by atoms with E-state index in [0.29, 0.717) is 22.3 Å². The van der Waals surface area contributed by atoms with Gasteiger partial charge in [0.05, 0.1) is 24.1 Å². The number of aromatic nitrogens is 5. The Hall–Kier alpha value is -3.86. The second kappa shape index (κ2) is 7.80. The van der Waals surface area contributed by atoms with Gasteiger partial charge in [0, 0.05) is 11.6 Å². The van der Waals surface area contributed by atoms with Gasteiger partial charge >= 0.3 is 0 Å². The molecule has 2 amide bonds. The zero-order valence-corrected chi connectivity index (χ0v) is 15.1. The maximum atomic E-state index is 12.4. The van der Waals surface area contributed by atoms with E-state index in [-0.39, 0.29) is 18.1 Å². The molecule has 0 unspecified atom stereocenters. The van der Waals surface area contributed by atoms with E-state index in [1.807, 2.05) is 0 Å². The molecule has 0 saturated heterocycles. The number of thiazole rings is 1. The number of nitrogens with one attached hydrogen (secondary N) is 2. The highest BCUT2D eigenvalue weighted by molar-refractivity contribution is 7.14. The standard InChI is InChI=1S/C17H13N7O3S/c25-14(22-12-3-1-5-19-15(12)24-10-18-9-20-24)7-11-8-28-17(21-11)23-16(26)13-4-2-6-27-13/h1-6,8-10H,7H2,(H,22,25)(H,21,23,26). The van der Waals surface area contributed by atoms with Gasteiger partial charge in [-0.05, 0) is 24.3 Å². The van der Waals surface area contributed by atoms with E-state index in [2.05, 4.69) is 30.7 Å². The van der Waals surface area contributed by atoms with Crippen LogP contribution in [0.1, 0.15) is 16.2 Å². The number of hydrogen-bond acceptors (Lipinski definition) is 8. The Morgan fingerprint density at radius 1 is 1.21 bits per heavy atom. The smallest absolute Gasteiger partial charge is 0.293 e. The minimum Gasteiger partial charge on any atom is -0.459 e. The van der Waals surface area contributed by atoms with E-state index in [4.69, 9.17) is 4.42 Å². The first-order chi connectivity index (χ1) is 13.7. The van der Waals surface area contributed by atoms with Crippen molar-refractivity contribution >= 4 is 34.0 Å². The summed E-state index contributed by atoms with van der Waals surface area (Å²) in [6, 6.07) is 6.61. The molecular formula is C17H13N7O3S. The van der Waals surface area contributed by atoms with Crippen LogP contribution in [0.4, 0.5) is 10.8 Å². The lowest BCUT2D eigenvalue weighted by Crippen LogP contribution is -2.17. The highest BCUT2D eigenvalue weighted by Gasteiger charge is 2.14. The van der Waals surface area contributed by atoms with Crippen LogP contribution in [0.15, 0.2) is 59.2 Å². The first-order valence-electron chi connectivity index (χ1n) is 8.08. The van der Waals surface area contributed by atoms with Crippen molar-refractivity contribution in [2.75, 3.05) is 10.6 Å². The Kier molecular flexibility index (Phi) is 4.89. The molecule has 0 fully saturated rings. The number of furan rings is 1. The van der Waals surface area contributed by atoms with Crippen molar-refractivity contribution in [1.82, 2.24) is 24.7 Å². The molecule has 4 rings (SSSR count). The molecule has 0 aliphatic heterocycles. The number of pyridine rings is 1. The topological polar surface area (TPSA) is 128 Å². The maximum absolute atomic E-state index is 12.4. The zero-order chi connectivity index (χ0) is 19.3. The molecule has 11 heteroatoms. The zero-order valence-electron chi connectivity index (χ0n) is 14.3. The minimum atomic E-state index is -0.400. The summed E-state index contributed by atoms with van der Waals surface area (Å²) < 4.78 is 6.49. The number of hydrogen-bond donors (Lipinski definition) is 2. The second-order valence-electron chi connectivity index (χ2n) is 5.51. The lowest BCUT2D eigenvalue weighted by molar-refractivity contribution is -0.115. The Morgan fingerprint density at radius 2 is 2.14 bits per heavy atom. The third kappa shape index (κ3) is 3.94. The number of carbonyl (C=O) groups is 2. The summed E-state index contributed by atoms with van der Waals surface area (Å²) in [5, 5.41) is 11.5. The Balaban J connectivity index is 1.40. The van der Waals surface area contributed by atoms with E-state index in [9.17, 15) is 9.59 Å². The van der Waals surface area contributed by atoms with Crippen LogP contribution in [0.2, 0.25) is 0 Å². The quantitative estimate of drug-likeness (QED) is 0.512. The molecule has 4 heterocycles. The van der Waals surface area contributed by atoms with Crippen molar-refractivity contribution in [3.05, 3.63) is 66.2 Å². The van der Waals surface area contributed by atoms with Gasteiger partial charge in [-0.2, -0.15) is 5.10 Å². The third-order valence-electron chi connectivity index (χ3n) is 3.56. The van der Waals surface area contributed by atoms with E-state index in [1.54, 1.807) is 35.8 Å². The molecule has 0 bridgehead atoms. The SMILES string of the molecule is O=C(Cc1csc(NC(=O)c2ccco2)n1)Nc1cccnc1-n1cncn1. The molecule has 0 spiro atoms. The van der Waals surface area contributed by atoms with Crippen molar-refractivity contribution in [2.24, 2.45) is 0 Å². The molecule has 4 aromatic rings. The van der Waals surface area contributed by atoms with Crippen LogP contribution in [0.5, 0.6) is 0 Å². The van der Waals surface area contributed by atoms with Crippen molar-refractivity contribution in [2.45, 2.75) is 6.42 Å². The molecule has 0 radical (unpaired) electrons. The summed E-state index contributed by atoms with van der Waals surface area (Å²) in [4.78, 5) is 36.7. The average Bonchev–Trinajstić information content (AvgIpc) is 3.45. The van der Waals surface area contributed by atoms with Crippen molar-refractivity contribution in [1.29, 1.82) is 0 Å². The van der Waals surface area contributed by atoms with E-state index < -0.39 is 5.91 Å². The Labute approximate surface area is 162 Å². The second-order valence-corrected chi connectivity index (χ2v) is 6.37. The van der Waals surface area contributed by atoms with E-state index in [0.717, 1.165) is 0 Å². The molecule has 0 aliphatic rings. The molecule has 10 nitrogen and oxygen atoms in total.